The summed E-state index contributed by atoms with van der Waals surface area (Å²) in [7, 11) is 0. The summed E-state index contributed by atoms with van der Waals surface area (Å²) in [4.78, 5) is 0. The summed E-state index contributed by atoms with van der Waals surface area (Å²) in [6.07, 6.45) is 8.79. The van der Waals surface area contributed by atoms with E-state index in [2.05, 4.69) is 6.92 Å². The van der Waals surface area contributed by atoms with E-state index >= 15 is 8.78 Å². The summed E-state index contributed by atoms with van der Waals surface area (Å²) in [5, 5.41) is 0. The molecule has 2 aliphatic carbocycles. The van der Waals surface area contributed by atoms with E-state index in [1.54, 1.807) is 0 Å². The van der Waals surface area contributed by atoms with Gasteiger partial charge in [0.15, 0.2) is 17.5 Å². The minimum atomic E-state index is -1.47. The van der Waals surface area contributed by atoms with Gasteiger partial charge in [-0.25, -0.2) is 22.0 Å². The number of benzene rings is 2. The molecule has 2 aromatic carbocycles. The van der Waals surface area contributed by atoms with Crippen LogP contribution in [0.5, 0.6) is 0 Å². The second-order valence-electron chi connectivity index (χ2n) is 9.75. The van der Waals surface area contributed by atoms with Gasteiger partial charge in [-0.15, -0.1) is 0 Å². The maximum absolute atomic E-state index is 15.0. The molecule has 0 unspecified atom stereocenters. The molecule has 0 saturated heterocycles. The van der Waals surface area contributed by atoms with Crippen LogP contribution < -0.4 is 0 Å². The second kappa shape index (κ2) is 9.93. The number of hydrogen-bond donors (Lipinski definition) is 0. The lowest BCUT2D eigenvalue weighted by Crippen LogP contribution is -2.17. The van der Waals surface area contributed by atoms with Crippen LogP contribution in [-0.2, 0) is 0 Å². The van der Waals surface area contributed by atoms with Gasteiger partial charge in [0, 0.05) is 5.56 Å². The second-order valence-corrected chi connectivity index (χ2v) is 9.75. The standard InChI is InChI=1S/C27H31F5/c1-2-3-16-4-6-17(7-5-16)20-12-22(28)26(23(29)13-20)19-10-8-18(9-11-19)21-14-24(30)27(32)25(31)15-21/h12-19H,2-11H2,1H3/t16-,17-,18-,19-. The summed E-state index contributed by atoms with van der Waals surface area (Å²) in [6.45, 7) is 2.19. The van der Waals surface area contributed by atoms with Crippen molar-refractivity contribution < 1.29 is 22.0 Å². The molecule has 2 aromatic rings. The van der Waals surface area contributed by atoms with Gasteiger partial charge in [0.2, 0.25) is 0 Å². The highest BCUT2D eigenvalue weighted by Gasteiger charge is 2.30. The number of hydrogen-bond acceptors (Lipinski definition) is 0. The Hall–Kier alpha value is -1.91. The summed E-state index contributed by atoms with van der Waals surface area (Å²) >= 11 is 0. The first-order valence-electron chi connectivity index (χ1n) is 12.0. The van der Waals surface area contributed by atoms with Gasteiger partial charge in [-0.1, -0.05) is 19.8 Å². The maximum atomic E-state index is 15.0. The van der Waals surface area contributed by atoms with E-state index < -0.39 is 29.1 Å². The molecule has 0 N–H and O–H groups in total. The van der Waals surface area contributed by atoms with Crippen molar-refractivity contribution in [1.82, 2.24) is 0 Å². The zero-order valence-electron chi connectivity index (χ0n) is 18.6. The van der Waals surface area contributed by atoms with Crippen molar-refractivity contribution in [3.05, 3.63) is 70.0 Å². The average molecular weight is 451 g/mol. The van der Waals surface area contributed by atoms with E-state index in [4.69, 9.17) is 0 Å². The molecule has 2 aliphatic rings. The molecule has 0 atom stereocenters. The quantitative estimate of drug-likeness (QED) is 0.315. The summed E-state index contributed by atoms with van der Waals surface area (Å²) in [5.74, 6) is -4.24. The molecule has 32 heavy (non-hydrogen) atoms. The third kappa shape index (κ3) is 4.87. The van der Waals surface area contributed by atoms with Crippen LogP contribution in [-0.4, -0.2) is 0 Å². The molecule has 0 nitrogen and oxygen atoms in total. The molecular formula is C27H31F5. The van der Waals surface area contributed by atoms with Crippen molar-refractivity contribution in [2.75, 3.05) is 0 Å². The highest BCUT2D eigenvalue weighted by atomic mass is 19.2. The minimum absolute atomic E-state index is 0.139. The van der Waals surface area contributed by atoms with Crippen LogP contribution in [0.1, 0.15) is 106 Å². The normalized spacial score (nSPS) is 26.3. The summed E-state index contributed by atoms with van der Waals surface area (Å²) in [6, 6.07) is 5.13. The first-order chi connectivity index (χ1) is 15.4. The molecule has 0 aliphatic heterocycles. The van der Waals surface area contributed by atoms with Gasteiger partial charge in [-0.2, -0.15) is 0 Å². The van der Waals surface area contributed by atoms with E-state index in [-0.39, 0.29) is 23.3 Å². The van der Waals surface area contributed by atoms with Crippen molar-refractivity contribution in [2.24, 2.45) is 5.92 Å². The van der Waals surface area contributed by atoms with E-state index in [0.29, 0.717) is 31.2 Å². The third-order valence-corrected chi connectivity index (χ3v) is 7.73. The van der Waals surface area contributed by atoms with Gasteiger partial charge in [-0.05, 0) is 110 Å². The molecule has 2 saturated carbocycles. The zero-order valence-corrected chi connectivity index (χ0v) is 18.6. The topological polar surface area (TPSA) is 0 Å². The Balaban J connectivity index is 1.43. The molecule has 0 spiro atoms. The Labute approximate surface area is 187 Å². The Morgan fingerprint density at radius 2 is 1.00 bits per heavy atom. The van der Waals surface area contributed by atoms with Gasteiger partial charge in [0.25, 0.3) is 0 Å². The molecule has 0 radical (unpaired) electrons. The van der Waals surface area contributed by atoms with Crippen LogP contribution >= 0.6 is 0 Å². The lowest BCUT2D eigenvalue weighted by Gasteiger charge is -2.31. The Morgan fingerprint density at radius 3 is 1.47 bits per heavy atom. The smallest absolute Gasteiger partial charge is 0.194 e. The Morgan fingerprint density at radius 1 is 0.594 bits per heavy atom. The van der Waals surface area contributed by atoms with Crippen molar-refractivity contribution in [3.8, 4) is 0 Å². The van der Waals surface area contributed by atoms with Crippen molar-refractivity contribution in [3.63, 3.8) is 0 Å². The van der Waals surface area contributed by atoms with E-state index in [9.17, 15) is 13.2 Å². The number of halogens is 5. The number of rotatable bonds is 5. The third-order valence-electron chi connectivity index (χ3n) is 7.73. The lowest BCUT2D eigenvalue weighted by atomic mass is 9.74. The molecule has 4 rings (SSSR count). The Kier molecular flexibility index (Phi) is 7.21. The highest BCUT2D eigenvalue weighted by molar-refractivity contribution is 5.32. The Bertz CT molecular complexity index is 891. The fraction of sp³-hybridized carbons (Fsp3) is 0.556. The predicted molar refractivity (Wildman–Crippen MR) is 116 cm³/mol. The van der Waals surface area contributed by atoms with Crippen molar-refractivity contribution in [2.45, 2.75) is 88.9 Å². The van der Waals surface area contributed by atoms with Crippen LogP contribution in [0.3, 0.4) is 0 Å². The van der Waals surface area contributed by atoms with Crippen LogP contribution in [0.4, 0.5) is 22.0 Å². The lowest BCUT2D eigenvalue weighted by molar-refractivity contribution is 0.307. The van der Waals surface area contributed by atoms with Crippen LogP contribution in [0.15, 0.2) is 24.3 Å². The molecule has 0 heterocycles. The zero-order chi connectivity index (χ0) is 22.8. The maximum Gasteiger partial charge on any atom is 0.194 e. The van der Waals surface area contributed by atoms with Crippen molar-refractivity contribution >= 4 is 0 Å². The molecular weight excluding hydrogens is 419 g/mol. The van der Waals surface area contributed by atoms with E-state index in [0.717, 1.165) is 49.3 Å². The van der Waals surface area contributed by atoms with Gasteiger partial charge in [-0.3, -0.25) is 0 Å². The van der Waals surface area contributed by atoms with Gasteiger partial charge < -0.3 is 0 Å². The average Bonchev–Trinajstić information content (AvgIpc) is 2.78. The molecule has 0 aromatic heterocycles. The monoisotopic (exact) mass is 450 g/mol. The van der Waals surface area contributed by atoms with Crippen LogP contribution in [0, 0.1) is 35.0 Å². The fourth-order valence-electron chi connectivity index (χ4n) is 5.95. The first kappa shape index (κ1) is 23.3. The minimum Gasteiger partial charge on any atom is -0.207 e. The molecule has 174 valence electrons. The summed E-state index contributed by atoms with van der Waals surface area (Å²) < 4.78 is 70.5. The fourth-order valence-corrected chi connectivity index (χ4v) is 5.95. The SMILES string of the molecule is CCC[C@H]1CC[C@H](c2cc(F)c([C@H]3CC[C@H](c4cc(F)c(F)c(F)c4)CC3)c(F)c2)CC1. The predicted octanol–water partition coefficient (Wildman–Crippen LogP) is 8.90. The molecule has 5 heteroatoms. The molecule has 0 bridgehead atoms. The van der Waals surface area contributed by atoms with E-state index in [1.807, 2.05) is 0 Å². The van der Waals surface area contributed by atoms with Crippen molar-refractivity contribution in [1.29, 1.82) is 0 Å². The van der Waals surface area contributed by atoms with Gasteiger partial charge in [0.1, 0.15) is 11.6 Å². The van der Waals surface area contributed by atoms with Crippen LogP contribution in [0.2, 0.25) is 0 Å². The van der Waals surface area contributed by atoms with E-state index in [1.165, 1.54) is 25.0 Å². The highest BCUT2D eigenvalue weighted by Crippen LogP contribution is 2.44. The van der Waals surface area contributed by atoms with Crippen LogP contribution in [0.25, 0.3) is 0 Å². The van der Waals surface area contributed by atoms with Gasteiger partial charge in [0.05, 0.1) is 0 Å². The largest absolute Gasteiger partial charge is 0.207 e. The molecule has 0 amide bonds. The first-order valence-corrected chi connectivity index (χ1v) is 12.0. The molecule has 2 fully saturated rings. The summed E-state index contributed by atoms with van der Waals surface area (Å²) in [5.41, 5.74) is 1.32. The van der Waals surface area contributed by atoms with Gasteiger partial charge >= 0.3 is 0 Å².